The summed E-state index contributed by atoms with van der Waals surface area (Å²) in [6, 6.07) is 14.3. The smallest absolute Gasteiger partial charge is 0.253 e. The van der Waals surface area contributed by atoms with E-state index < -0.39 is 0 Å². The highest BCUT2D eigenvalue weighted by molar-refractivity contribution is 5.93. The first-order valence-corrected chi connectivity index (χ1v) is 10.9. The molecular formula is C24H33FN6O. The highest BCUT2D eigenvalue weighted by Crippen LogP contribution is 2.16. The highest BCUT2D eigenvalue weighted by atomic mass is 19.1. The van der Waals surface area contributed by atoms with Crippen LogP contribution in [0.4, 0.5) is 10.1 Å². The van der Waals surface area contributed by atoms with Crippen molar-refractivity contribution in [1.29, 1.82) is 0 Å². The number of hydrogen-bond acceptors (Lipinski definition) is 4. The normalized spacial score (nSPS) is 14.9. The van der Waals surface area contributed by atoms with Gasteiger partial charge in [0.25, 0.3) is 5.91 Å². The van der Waals surface area contributed by atoms with E-state index >= 15 is 0 Å². The zero-order valence-corrected chi connectivity index (χ0v) is 19.1. The van der Waals surface area contributed by atoms with Crippen molar-refractivity contribution in [3.05, 3.63) is 65.5 Å². The van der Waals surface area contributed by atoms with E-state index in [0.717, 1.165) is 56.5 Å². The molecular weight excluding hydrogens is 407 g/mol. The largest absolute Gasteiger partial charge is 0.369 e. The number of carbonyl (C=O) groups excluding carboxylic acids is 1. The van der Waals surface area contributed by atoms with Gasteiger partial charge in [0.15, 0.2) is 5.96 Å². The molecule has 2 aromatic rings. The number of piperazine rings is 1. The first-order valence-electron chi connectivity index (χ1n) is 10.9. The first kappa shape index (κ1) is 23.5. The molecule has 32 heavy (non-hydrogen) atoms. The number of anilines is 1. The van der Waals surface area contributed by atoms with Crippen molar-refractivity contribution in [2.45, 2.75) is 6.54 Å². The van der Waals surface area contributed by atoms with Crippen molar-refractivity contribution in [2.75, 3.05) is 65.3 Å². The minimum atomic E-state index is -0.197. The summed E-state index contributed by atoms with van der Waals surface area (Å²) in [5.74, 6) is 0.556. The molecule has 2 aromatic carbocycles. The number of carbonyl (C=O) groups is 1. The van der Waals surface area contributed by atoms with Gasteiger partial charge < -0.3 is 20.4 Å². The van der Waals surface area contributed by atoms with Gasteiger partial charge in [0.1, 0.15) is 5.82 Å². The number of amides is 1. The summed E-state index contributed by atoms with van der Waals surface area (Å²) >= 11 is 0. The third-order valence-corrected chi connectivity index (χ3v) is 5.58. The van der Waals surface area contributed by atoms with Crippen LogP contribution in [-0.2, 0) is 6.54 Å². The zero-order chi connectivity index (χ0) is 22.9. The van der Waals surface area contributed by atoms with Crippen LogP contribution in [0, 0.1) is 5.82 Å². The standard InChI is InChI=1S/C24H33FN6O/c1-26-24(28-18-19-4-6-20(7-5-19)23(32)29(2)3)27-12-13-30-14-16-31(17-15-30)22-10-8-21(25)9-11-22/h4-11H,12-18H2,1-3H3,(H2,26,27,28). The lowest BCUT2D eigenvalue weighted by Crippen LogP contribution is -2.49. The molecule has 0 aromatic heterocycles. The van der Waals surface area contributed by atoms with Gasteiger partial charge >= 0.3 is 0 Å². The van der Waals surface area contributed by atoms with E-state index in [0.29, 0.717) is 12.1 Å². The number of nitrogens with one attached hydrogen (secondary N) is 2. The second-order valence-electron chi connectivity index (χ2n) is 8.05. The average Bonchev–Trinajstić information content (AvgIpc) is 2.82. The summed E-state index contributed by atoms with van der Waals surface area (Å²) in [7, 11) is 5.26. The zero-order valence-electron chi connectivity index (χ0n) is 19.1. The predicted molar refractivity (Wildman–Crippen MR) is 128 cm³/mol. The fourth-order valence-electron chi connectivity index (χ4n) is 3.64. The Morgan fingerprint density at radius 2 is 1.66 bits per heavy atom. The van der Waals surface area contributed by atoms with Crippen LogP contribution >= 0.6 is 0 Å². The SMILES string of the molecule is CN=C(NCCN1CCN(c2ccc(F)cc2)CC1)NCc1ccc(C(=O)N(C)C)cc1. The lowest BCUT2D eigenvalue weighted by molar-refractivity contribution is 0.0827. The van der Waals surface area contributed by atoms with Crippen LogP contribution in [0.3, 0.4) is 0 Å². The lowest BCUT2D eigenvalue weighted by atomic mass is 10.1. The Hall–Kier alpha value is -3.13. The maximum atomic E-state index is 13.1. The van der Waals surface area contributed by atoms with Gasteiger partial charge in [0, 0.05) is 78.2 Å². The van der Waals surface area contributed by atoms with E-state index in [-0.39, 0.29) is 11.7 Å². The topological polar surface area (TPSA) is 63.2 Å². The van der Waals surface area contributed by atoms with Gasteiger partial charge in [0.05, 0.1) is 0 Å². The number of guanidine groups is 1. The molecule has 0 radical (unpaired) electrons. The molecule has 0 unspecified atom stereocenters. The molecule has 0 saturated carbocycles. The van der Waals surface area contributed by atoms with Gasteiger partial charge in [-0.1, -0.05) is 12.1 Å². The Kier molecular flexibility index (Phi) is 8.44. The predicted octanol–water partition coefficient (Wildman–Crippen LogP) is 2.01. The quantitative estimate of drug-likeness (QED) is 0.510. The summed E-state index contributed by atoms with van der Waals surface area (Å²) in [6.07, 6.45) is 0. The second kappa shape index (κ2) is 11.5. The number of nitrogens with zero attached hydrogens (tertiary/aromatic N) is 4. The van der Waals surface area contributed by atoms with E-state index in [1.807, 2.05) is 36.4 Å². The van der Waals surface area contributed by atoms with Crippen molar-refractivity contribution < 1.29 is 9.18 Å². The minimum Gasteiger partial charge on any atom is -0.369 e. The number of rotatable bonds is 7. The van der Waals surface area contributed by atoms with Gasteiger partial charge in [-0.3, -0.25) is 14.7 Å². The molecule has 8 heteroatoms. The van der Waals surface area contributed by atoms with E-state index in [4.69, 9.17) is 0 Å². The molecule has 1 fully saturated rings. The maximum absolute atomic E-state index is 13.1. The maximum Gasteiger partial charge on any atom is 0.253 e. The van der Waals surface area contributed by atoms with Gasteiger partial charge in [-0.25, -0.2) is 4.39 Å². The third-order valence-electron chi connectivity index (χ3n) is 5.58. The van der Waals surface area contributed by atoms with Crippen LogP contribution < -0.4 is 15.5 Å². The molecule has 1 aliphatic heterocycles. The Balaban J connectivity index is 1.36. The molecule has 7 nitrogen and oxygen atoms in total. The molecule has 0 bridgehead atoms. The van der Waals surface area contributed by atoms with E-state index in [1.54, 1.807) is 26.0 Å². The summed E-state index contributed by atoms with van der Waals surface area (Å²) < 4.78 is 13.1. The van der Waals surface area contributed by atoms with Gasteiger partial charge in [0.2, 0.25) is 0 Å². The van der Waals surface area contributed by atoms with Crippen LogP contribution in [0.15, 0.2) is 53.5 Å². The fraction of sp³-hybridized carbons (Fsp3) is 0.417. The summed E-state index contributed by atoms with van der Waals surface area (Å²) in [5.41, 5.74) is 2.84. The molecule has 1 amide bonds. The van der Waals surface area contributed by atoms with Crippen molar-refractivity contribution in [3.8, 4) is 0 Å². The average molecular weight is 441 g/mol. The molecule has 2 N–H and O–H groups in total. The molecule has 3 rings (SSSR count). The number of halogens is 1. The molecule has 0 aliphatic carbocycles. The molecule has 1 heterocycles. The van der Waals surface area contributed by atoms with Gasteiger partial charge in [-0.05, 0) is 42.0 Å². The molecule has 172 valence electrons. The Morgan fingerprint density at radius 3 is 2.25 bits per heavy atom. The van der Waals surface area contributed by atoms with Crippen molar-refractivity contribution in [3.63, 3.8) is 0 Å². The van der Waals surface area contributed by atoms with Gasteiger partial charge in [-0.15, -0.1) is 0 Å². The van der Waals surface area contributed by atoms with Crippen LogP contribution in [0.2, 0.25) is 0 Å². The minimum absolute atomic E-state index is 0.000449. The van der Waals surface area contributed by atoms with Gasteiger partial charge in [-0.2, -0.15) is 0 Å². The number of hydrogen-bond donors (Lipinski definition) is 2. The van der Waals surface area contributed by atoms with Crippen LogP contribution in [-0.4, -0.2) is 82.1 Å². The van der Waals surface area contributed by atoms with Crippen LogP contribution in [0.5, 0.6) is 0 Å². The highest BCUT2D eigenvalue weighted by Gasteiger charge is 2.17. The van der Waals surface area contributed by atoms with E-state index in [2.05, 4.69) is 25.4 Å². The van der Waals surface area contributed by atoms with Crippen molar-refractivity contribution >= 4 is 17.6 Å². The summed E-state index contributed by atoms with van der Waals surface area (Å²) in [4.78, 5) is 22.6. The van der Waals surface area contributed by atoms with E-state index in [9.17, 15) is 9.18 Å². The number of aliphatic imine (C=N–C) groups is 1. The summed E-state index contributed by atoms with van der Waals surface area (Å²) in [6.45, 7) is 6.18. The Labute approximate surface area is 189 Å². The molecule has 0 spiro atoms. The molecule has 1 aliphatic rings. The Morgan fingerprint density at radius 1 is 1.00 bits per heavy atom. The van der Waals surface area contributed by atoms with Crippen LogP contribution in [0.25, 0.3) is 0 Å². The van der Waals surface area contributed by atoms with Crippen molar-refractivity contribution in [1.82, 2.24) is 20.4 Å². The van der Waals surface area contributed by atoms with Crippen LogP contribution in [0.1, 0.15) is 15.9 Å². The van der Waals surface area contributed by atoms with E-state index in [1.165, 1.54) is 12.1 Å². The molecule has 1 saturated heterocycles. The second-order valence-corrected chi connectivity index (χ2v) is 8.05. The lowest BCUT2D eigenvalue weighted by Gasteiger charge is -2.36. The number of benzene rings is 2. The first-order chi connectivity index (χ1) is 15.5. The Bertz CT molecular complexity index is 890. The fourth-order valence-corrected chi connectivity index (χ4v) is 3.64. The molecule has 0 atom stereocenters. The monoisotopic (exact) mass is 440 g/mol. The third kappa shape index (κ3) is 6.68. The summed E-state index contributed by atoms with van der Waals surface area (Å²) in [5, 5.41) is 6.68. The van der Waals surface area contributed by atoms with Crippen molar-refractivity contribution in [2.24, 2.45) is 4.99 Å².